The number of amides is 1. The lowest BCUT2D eigenvalue weighted by molar-refractivity contribution is -0.118. The summed E-state index contributed by atoms with van der Waals surface area (Å²) in [4.78, 5) is 33.6. The number of carbonyl (C=O) groups excluding carboxylic acids is 1. The van der Waals surface area contributed by atoms with Crippen LogP contribution >= 0.6 is 28.1 Å². The normalized spacial score (nSPS) is 17.1. The monoisotopic (exact) mass is 568 g/mol. The van der Waals surface area contributed by atoms with Gasteiger partial charge >= 0.3 is 0 Å². The van der Waals surface area contributed by atoms with Crippen LogP contribution in [0.4, 0.5) is 17.3 Å². The van der Waals surface area contributed by atoms with Crippen LogP contribution in [0.3, 0.4) is 0 Å². The first-order valence-electron chi connectivity index (χ1n) is 11.5. The number of nitrogens with zero attached hydrogens (tertiary/aromatic N) is 2. The van der Waals surface area contributed by atoms with Gasteiger partial charge < -0.3 is 15.6 Å². The molecule has 1 unspecified atom stereocenters. The third-order valence-corrected chi connectivity index (χ3v) is 7.54. The average Bonchev–Trinajstić information content (AvgIpc) is 3.41. The molecule has 37 heavy (non-hydrogen) atoms. The highest BCUT2D eigenvalue weighted by Gasteiger charge is 2.58. The van der Waals surface area contributed by atoms with Gasteiger partial charge in [0.15, 0.2) is 4.77 Å². The van der Waals surface area contributed by atoms with Gasteiger partial charge in [0.2, 0.25) is 5.91 Å². The van der Waals surface area contributed by atoms with E-state index in [0.29, 0.717) is 34.1 Å². The number of rotatable bonds is 2. The van der Waals surface area contributed by atoms with Crippen LogP contribution in [0.25, 0.3) is 16.9 Å². The van der Waals surface area contributed by atoms with E-state index in [1.807, 2.05) is 78.9 Å². The van der Waals surface area contributed by atoms with Gasteiger partial charge in [-0.3, -0.25) is 14.6 Å². The van der Waals surface area contributed by atoms with Crippen molar-refractivity contribution in [1.82, 2.24) is 19.7 Å². The number of nitrogens with one attached hydrogen (secondary N) is 4. The number of fused-ring (bicyclic) bond motifs is 6. The maximum atomic E-state index is 14.2. The van der Waals surface area contributed by atoms with E-state index in [0.717, 1.165) is 15.7 Å². The molecule has 0 bridgehead atoms. The molecule has 7 rings (SSSR count). The summed E-state index contributed by atoms with van der Waals surface area (Å²) in [6, 6.07) is 24.9. The standard InChI is InChI=1S/C27H17BrN6O2S/c28-15-11-12-18-17(13-15)27(25(36)29-18)19-21(14-7-3-1-4-8-14)33-34(16-9-5-2-6-10-16)23(19)30-22-20(27)24(35)32-26(37)31-22/h1-13H,(H,29,36)(H3,30,31,32,35,37). The van der Waals surface area contributed by atoms with Gasteiger partial charge in [-0.25, -0.2) is 4.68 Å². The molecule has 4 heterocycles. The van der Waals surface area contributed by atoms with Crippen LogP contribution in [-0.2, 0) is 10.2 Å². The van der Waals surface area contributed by atoms with Crippen molar-refractivity contribution in [3.8, 4) is 16.9 Å². The predicted molar refractivity (Wildman–Crippen MR) is 147 cm³/mol. The van der Waals surface area contributed by atoms with Crippen molar-refractivity contribution in [1.29, 1.82) is 0 Å². The Hall–Kier alpha value is -4.28. The van der Waals surface area contributed by atoms with Crippen molar-refractivity contribution in [3.05, 3.63) is 115 Å². The molecule has 0 fully saturated rings. The zero-order valence-electron chi connectivity index (χ0n) is 19.0. The van der Waals surface area contributed by atoms with Gasteiger partial charge in [-0.15, -0.1) is 0 Å². The predicted octanol–water partition coefficient (Wildman–Crippen LogP) is 5.39. The van der Waals surface area contributed by atoms with E-state index in [-0.39, 0.29) is 16.2 Å². The molecule has 0 aliphatic carbocycles. The molecule has 2 aliphatic heterocycles. The fourth-order valence-electron chi connectivity index (χ4n) is 5.39. The molecule has 5 aromatic rings. The summed E-state index contributed by atoms with van der Waals surface area (Å²) < 4.78 is 2.70. The molecule has 0 saturated heterocycles. The number of aromatic nitrogens is 4. The van der Waals surface area contributed by atoms with E-state index in [9.17, 15) is 9.59 Å². The molecule has 1 amide bonds. The van der Waals surface area contributed by atoms with Crippen LogP contribution in [0.5, 0.6) is 0 Å². The number of halogens is 1. The number of hydrogen-bond donors (Lipinski definition) is 4. The first kappa shape index (κ1) is 22.0. The maximum Gasteiger partial charge on any atom is 0.258 e. The van der Waals surface area contributed by atoms with Crippen molar-refractivity contribution < 1.29 is 4.79 Å². The summed E-state index contributed by atoms with van der Waals surface area (Å²) >= 11 is 8.87. The van der Waals surface area contributed by atoms with Gasteiger partial charge in [-0.2, -0.15) is 5.10 Å². The van der Waals surface area contributed by atoms with Crippen LogP contribution in [0, 0.1) is 4.77 Å². The molecule has 2 aromatic heterocycles. The average molecular weight is 569 g/mol. The van der Waals surface area contributed by atoms with Gasteiger partial charge in [0.05, 0.1) is 16.9 Å². The lowest BCUT2D eigenvalue weighted by Gasteiger charge is -2.34. The Bertz CT molecular complexity index is 1860. The summed E-state index contributed by atoms with van der Waals surface area (Å²) in [5.41, 5.74) is 2.33. The van der Waals surface area contributed by atoms with Crippen molar-refractivity contribution in [3.63, 3.8) is 0 Å². The van der Waals surface area contributed by atoms with E-state index in [1.165, 1.54) is 0 Å². The molecule has 4 N–H and O–H groups in total. The van der Waals surface area contributed by atoms with E-state index >= 15 is 0 Å². The third kappa shape index (κ3) is 3.00. The molecule has 1 atom stereocenters. The highest BCUT2D eigenvalue weighted by Crippen LogP contribution is 2.56. The van der Waals surface area contributed by atoms with Crippen molar-refractivity contribution in [2.24, 2.45) is 0 Å². The van der Waals surface area contributed by atoms with Gasteiger partial charge in [-0.1, -0.05) is 64.5 Å². The number of hydrogen-bond acceptors (Lipinski definition) is 5. The number of anilines is 3. The molecule has 0 saturated carbocycles. The van der Waals surface area contributed by atoms with Crippen LogP contribution in [-0.4, -0.2) is 25.7 Å². The summed E-state index contributed by atoms with van der Waals surface area (Å²) in [6.45, 7) is 0. The smallest absolute Gasteiger partial charge is 0.258 e. The second-order valence-electron chi connectivity index (χ2n) is 8.86. The van der Waals surface area contributed by atoms with E-state index in [1.54, 1.807) is 4.68 Å². The van der Waals surface area contributed by atoms with Crippen LogP contribution in [0.1, 0.15) is 16.7 Å². The van der Waals surface area contributed by atoms with Gasteiger partial charge in [-0.05, 0) is 42.5 Å². The molecule has 0 radical (unpaired) electrons. The Kier molecular flexibility index (Phi) is 4.66. The third-order valence-electron chi connectivity index (χ3n) is 6.84. The molecular formula is C27H17BrN6O2S. The molecule has 2 aliphatic rings. The second-order valence-corrected chi connectivity index (χ2v) is 10.2. The minimum Gasteiger partial charge on any atom is -0.326 e. The van der Waals surface area contributed by atoms with Crippen LogP contribution in [0.15, 0.2) is 88.1 Å². The highest BCUT2D eigenvalue weighted by molar-refractivity contribution is 9.10. The molecule has 180 valence electrons. The number of para-hydroxylation sites is 1. The Morgan fingerprint density at radius 3 is 2.35 bits per heavy atom. The van der Waals surface area contributed by atoms with Gasteiger partial charge in [0.25, 0.3) is 5.56 Å². The number of benzene rings is 3. The number of aromatic amines is 2. The first-order valence-corrected chi connectivity index (χ1v) is 12.7. The summed E-state index contributed by atoms with van der Waals surface area (Å²) in [6.07, 6.45) is 0. The Morgan fingerprint density at radius 1 is 0.865 bits per heavy atom. The maximum absolute atomic E-state index is 14.2. The SMILES string of the molecule is O=C1Nc2ccc(Br)cc2C12c1c(-c3ccccc3)nn(-c3ccccc3)c1Nc1[nH]c(=S)[nH]c(=O)c12. The topological polar surface area (TPSA) is 108 Å². The lowest BCUT2D eigenvalue weighted by Crippen LogP contribution is -2.45. The van der Waals surface area contributed by atoms with Crippen LogP contribution < -0.4 is 16.2 Å². The zero-order chi connectivity index (χ0) is 25.3. The van der Waals surface area contributed by atoms with E-state index in [4.69, 9.17) is 17.3 Å². The zero-order valence-corrected chi connectivity index (χ0v) is 21.4. The Morgan fingerprint density at radius 2 is 1.59 bits per heavy atom. The van der Waals surface area contributed by atoms with Crippen LogP contribution in [0.2, 0.25) is 0 Å². The summed E-state index contributed by atoms with van der Waals surface area (Å²) in [7, 11) is 0. The Balaban J connectivity index is 1.70. The van der Waals surface area contributed by atoms with Crippen molar-refractivity contribution in [2.75, 3.05) is 10.6 Å². The first-order chi connectivity index (χ1) is 18.0. The number of H-pyrrole nitrogens is 2. The second kappa shape index (κ2) is 7.86. The minimum atomic E-state index is -1.50. The molecular weight excluding hydrogens is 552 g/mol. The number of carbonyl (C=O) groups is 1. The fraction of sp³-hybridized carbons (Fsp3) is 0.0370. The van der Waals surface area contributed by atoms with Gasteiger partial charge in [0.1, 0.15) is 17.1 Å². The van der Waals surface area contributed by atoms with Crippen molar-refractivity contribution >= 4 is 51.4 Å². The molecule has 1 spiro atoms. The van der Waals surface area contributed by atoms with E-state index < -0.39 is 11.0 Å². The summed E-state index contributed by atoms with van der Waals surface area (Å²) in [5, 5.41) is 11.4. The van der Waals surface area contributed by atoms with Crippen molar-refractivity contribution in [2.45, 2.75) is 5.41 Å². The lowest BCUT2D eigenvalue weighted by atomic mass is 9.68. The molecule has 3 aromatic carbocycles. The largest absolute Gasteiger partial charge is 0.326 e. The minimum absolute atomic E-state index is 0.150. The van der Waals surface area contributed by atoms with Gasteiger partial charge in [0, 0.05) is 26.9 Å². The molecule has 10 heteroatoms. The fourth-order valence-corrected chi connectivity index (χ4v) is 5.95. The quantitative estimate of drug-likeness (QED) is 0.213. The highest BCUT2D eigenvalue weighted by atomic mass is 79.9. The Labute approximate surface area is 223 Å². The van der Waals surface area contributed by atoms with E-state index in [2.05, 4.69) is 36.5 Å². The molecule has 8 nitrogen and oxygen atoms in total. The summed E-state index contributed by atoms with van der Waals surface area (Å²) in [5.74, 6) is 0.572.